The second kappa shape index (κ2) is 8.26. The molecule has 1 amide bonds. The second-order valence-corrected chi connectivity index (χ2v) is 7.00. The normalized spacial score (nSPS) is 14.6. The van der Waals surface area contributed by atoms with Gasteiger partial charge in [0.05, 0.1) is 18.4 Å². The molecule has 0 bridgehead atoms. The number of H-pyrrole nitrogens is 1. The maximum Gasteiger partial charge on any atom is 0.257 e. The molecule has 0 spiro atoms. The Morgan fingerprint density at radius 1 is 1.14 bits per heavy atom. The number of hydrogen-bond acceptors (Lipinski definition) is 5. The lowest BCUT2D eigenvalue weighted by molar-refractivity contribution is 0.0708. The van der Waals surface area contributed by atoms with Gasteiger partial charge in [0.25, 0.3) is 11.5 Å². The number of carbonyl (C=O) groups is 1. The average Bonchev–Trinajstić information content (AvgIpc) is 2.79. The van der Waals surface area contributed by atoms with Crippen molar-refractivity contribution in [2.75, 3.05) is 20.2 Å². The SMILES string of the molecule is COc1ccccc1C(=O)N1CCC(c2cc(=O)[nH]c(-c3ccccn3)n2)CC1. The summed E-state index contributed by atoms with van der Waals surface area (Å²) in [6, 6.07) is 14.3. The number of methoxy groups -OCH3 is 1. The molecule has 148 valence electrons. The number of pyridine rings is 1. The van der Waals surface area contributed by atoms with Gasteiger partial charge >= 0.3 is 0 Å². The van der Waals surface area contributed by atoms with Gasteiger partial charge in [0, 0.05) is 31.3 Å². The van der Waals surface area contributed by atoms with E-state index in [9.17, 15) is 9.59 Å². The van der Waals surface area contributed by atoms with Crippen molar-refractivity contribution in [1.82, 2.24) is 19.9 Å². The Labute approximate surface area is 168 Å². The number of hydrogen-bond donors (Lipinski definition) is 1. The fourth-order valence-corrected chi connectivity index (χ4v) is 3.68. The van der Waals surface area contributed by atoms with Crippen molar-refractivity contribution >= 4 is 5.91 Å². The van der Waals surface area contributed by atoms with Gasteiger partial charge in [-0.2, -0.15) is 0 Å². The first kappa shape index (κ1) is 18.9. The summed E-state index contributed by atoms with van der Waals surface area (Å²) in [4.78, 5) is 38.5. The number of aromatic nitrogens is 3. The van der Waals surface area contributed by atoms with Gasteiger partial charge in [-0.3, -0.25) is 14.6 Å². The number of amides is 1. The molecule has 1 aliphatic heterocycles. The Morgan fingerprint density at radius 3 is 2.62 bits per heavy atom. The number of para-hydroxylation sites is 1. The minimum atomic E-state index is -0.191. The predicted molar refractivity (Wildman–Crippen MR) is 109 cm³/mol. The van der Waals surface area contributed by atoms with Crippen molar-refractivity contribution in [3.63, 3.8) is 0 Å². The summed E-state index contributed by atoms with van der Waals surface area (Å²) < 4.78 is 5.31. The summed E-state index contributed by atoms with van der Waals surface area (Å²) in [6.07, 6.45) is 3.17. The molecule has 4 rings (SSSR count). The van der Waals surface area contributed by atoms with E-state index >= 15 is 0 Å². The Bertz CT molecular complexity index is 1060. The summed E-state index contributed by atoms with van der Waals surface area (Å²) in [5.74, 6) is 1.15. The molecule has 3 heterocycles. The summed E-state index contributed by atoms with van der Waals surface area (Å²) >= 11 is 0. The summed E-state index contributed by atoms with van der Waals surface area (Å²) in [7, 11) is 1.57. The topological polar surface area (TPSA) is 88.2 Å². The van der Waals surface area contributed by atoms with Crippen LogP contribution in [0, 0.1) is 0 Å². The molecule has 7 nitrogen and oxygen atoms in total. The lowest BCUT2D eigenvalue weighted by Gasteiger charge is -2.32. The van der Waals surface area contributed by atoms with Crippen LogP contribution in [0.15, 0.2) is 59.5 Å². The highest BCUT2D eigenvalue weighted by atomic mass is 16.5. The smallest absolute Gasteiger partial charge is 0.257 e. The highest BCUT2D eigenvalue weighted by Crippen LogP contribution is 2.29. The second-order valence-electron chi connectivity index (χ2n) is 7.00. The maximum absolute atomic E-state index is 12.9. The molecule has 0 radical (unpaired) electrons. The number of ether oxygens (including phenoxy) is 1. The van der Waals surface area contributed by atoms with Crippen molar-refractivity contribution in [3.8, 4) is 17.3 Å². The van der Waals surface area contributed by atoms with Gasteiger partial charge in [0.2, 0.25) is 0 Å². The fraction of sp³-hybridized carbons (Fsp3) is 0.273. The Hall–Kier alpha value is -3.48. The lowest BCUT2D eigenvalue weighted by Crippen LogP contribution is -2.38. The van der Waals surface area contributed by atoms with Crippen LogP contribution in [0.5, 0.6) is 5.75 Å². The molecule has 1 fully saturated rings. The van der Waals surface area contributed by atoms with Gasteiger partial charge in [-0.25, -0.2) is 4.98 Å². The number of nitrogens with one attached hydrogen (secondary N) is 1. The number of piperidine rings is 1. The van der Waals surface area contributed by atoms with Crippen LogP contribution in [-0.2, 0) is 0 Å². The summed E-state index contributed by atoms with van der Waals surface area (Å²) in [5, 5.41) is 0. The third kappa shape index (κ3) is 4.03. The molecule has 3 aromatic rings. The lowest BCUT2D eigenvalue weighted by atomic mass is 9.92. The van der Waals surface area contributed by atoms with Crippen molar-refractivity contribution in [1.29, 1.82) is 0 Å². The Kier molecular flexibility index (Phi) is 5.37. The predicted octanol–water partition coefficient (Wildman–Crippen LogP) is 2.86. The van der Waals surface area contributed by atoms with Crippen molar-refractivity contribution in [3.05, 3.63) is 76.3 Å². The molecule has 0 aliphatic carbocycles. The number of likely N-dealkylation sites (tertiary alicyclic amines) is 1. The summed E-state index contributed by atoms with van der Waals surface area (Å²) in [6.45, 7) is 1.21. The van der Waals surface area contributed by atoms with Gasteiger partial charge in [0.15, 0.2) is 5.82 Å². The van der Waals surface area contributed by atoms with Gasteiger partial charge in [-0.1, -0.05) is 18.2 Å². The number of benzene rings is 1. The standard InChI is InChI=1S/C22H22N4O3/c1-29-19-8-3-2-6-16(19)22(28)26-12-9-15(10-13-26)18-14-20(27)25-21(24-18)17-7-4-5-11-23-17/h2-8,11,14-15H,9-10,12-13H2,1H3,(H,24,25,27). The van der Waals surface area contributed by atoms with E-state index in [0.717, 1.165) is 18.5 Å². The zero-order valence-corrected chi connectivity index (χ0v) is 16.2. The first-order chi connectivity index (χ1) is 14.2. The zero-order valence-electron chi connectivity index (χ0n) is 16.2. The highest BCUT2D eigenvalue weighted by Gasteiger charge is 2.27. The minimum Gasteiger partial charge on any atom is -0.496 e. The van der Waals surface area contributed by atoms with Crippen molar-refractivity contribution in [2.24, 2.45) is 0 Å². The van der Waals surface area contributed by atoms with Crippen molar-refractivity contribution < 1.29 is 9.53 Å². The monoisotopic (exact) mass is 390 g/mol. The van der Waals surface area contributed by atoms with E-state index in [-0.39, 0.29) is 17.4 Å². The van der Waals surface area contributed by atoms with Crippen molar-refractivity contribution in [2.45, 2.75) is 18.8 Å². The van der Waals surface area contributed by atoms with Crippen LogP contribution in [0.25, 0.3) is 11.5 Å². The molecule has 1 N–H and O–H groups in total. The molecule has 1 aliphatic rings. The largest absolute Gasteiger partial charge is 0.496 e. The van der Waals surface area contributed by atoms with Crippen LogP contribution < -0.4 is 10.3 Å². The van der Waals surface area contributed by atoms with E-state index in [1.165, 1.54) is 0 Å². The van der Waals surface area contributed by atoms with Gasteiger partial charge in [0.1, 0.15) is 11.4 Å². The molecular formula is C22H22N4O3. The van der Waals surface area contributed by atoms with Crippen LogP contribution >= 0.6 is 0 Å². The number of rotatable bonds is 4. The number of carbonyl (C=O) groups excluding carboxylic acids is 1. The Balaban J connectivity index is 1.49. The number of aromatic amines is 1. The van der Waals surface area contributed by atoms with Crippen LogP contribution in [0.4, 0.5) is 0 Å². The van der Waals surface area contributed by atoms with E-state index in [0.29, 0.717) is 35.9 Å². The zero-order chi connectivity index (χ0) is 20.2. The molecule has 0 unspecified atom stereocenters. The molecular weight excluding hydrogens is 368 g/mol. The van der Waals surface area contributed by atoms with E-state index in [2.05, 4.69) is 15.0 Å². The first-order valence-electron chi connectivity index (χ1n) is 9.60. The molecule has 29 heavy (non-hydrogen) atoms. The maximum atomic E-state index is 12.9. The van der Waals surface area contributed by atoms with E-state index in [4.69, 9.17) is 4.74 Å². The highest BCUT2D eigenvalue weighted by molar-refractivity contribution is 5.97. The third-order valence-corrected chi connectivity index (χ3v) is 5.21. The summed E-state index contributed by atoms with van der Waals surface area (Å²) in [5.41, 5.74) is 1.76. The van der Waals surface area contributed by atoms with E-state index in [1.54, 1.807) is 31.5 Å². The van der Waals surface area contributed by atoms with Crippen LogP contribution in [0.2, 0.25) is 0 Å². The fourth-order valence-electron chi connectivity index (χ4n) is 3.68. The molecule has 7 heteroatoms. The quantitative estimate of drug-likeness (QED) is 0.740. The Morgan fingerprint density at radius 2 is 1.90 bits per heavy atom. The van der Waals surface area contributed by atoms with Crippen LogP contribution in [-0.4, -0.2) is 46.0 Å². The molecule has 2 aromatic heterocycles. The van der Waals surface area contributed by atoms with E-state index in [1.807, 2.05) is 35.2 Å². The average molecular weight is 390 g/mol. The van der Waals surface area contributed by atoms with Gasteiger partial charge in [-0.15, -0.1) is 0 Å². The molecule has 0 atom stereocenters. The first-order valence-corrected chi connectivity index (χ1v) is 9.60. The van der Waals surface area contributed by atoms with E-state index < -0.39 is 0 Å². The van der Waals surface area contributed by atoms with Gasteiger partial charge < -0.3 is 14.6 Å². The minimum absolute atomic E-state index is 0.0334. The molecule has 0 saturated carbocycles. The van der Waals surface area contributed by atoms with Gasteiger partial charge in [-0.05, 0) is 37.1 Å². The molecule has 1 saturated heterocycles. The third-order valence-electron chi connectivity index (χ3n) is 5.21. The molecule has 1 aromatic carbocycles. The number of nitrogens with zero attached hydrogens (tertiary/aromatic N) is 3. The van der Waals surface area contributed by atoms with Crippen LogP contribution in [0.1, 0.15) is 34.8 Å². The van der Waals surface area contributed by atoms with Crippen LogP contribution in [0.3, 0.4) is 0 Å².